The molecule has 2 aliphatic rings. The number of nitrogens with zero attached hydrogens (tertiary/aromatic N) is 2. The van der Waals surface area contributed by atoms with Crippen LogP contribution in [0.4, 0.5) is 5.82 Å². The number of carbonyl (C=O) groups excluding carboxylic acids is 2. The van der Waals surface area contributed by atoms with E-state index in [1.165, 1.54) is 0 Å². The van der Waals surface area contributed by atoms with Crippen molar-refractivity contribution in [2.45, 2.75) is 31.7 Å². The minimum absolute atomic E-state index is 0.00479. The number of carbonyl (C=O) groups is 2. The number of ketones is 1. The maximum Gasteiger partial charge on any atom is 0.228 e. The van der Waals surface area contributed by atoms with E-state index in [2.05, 4.69) is 4.98 Å². The van der Waals surface area contributed by atoms with Crippen molar-refractivity contribution in [3.05, 3.63) is 17.8 Å². The molecule has 0 aromatic carbocycles. The van der Waals surface area contributed by atoms with Gasteiger partial charge < -0.3 is 0 Å². The molecule has 1 aromatic heterocycles. The van der Waals surface area contributed by atoms with Crippen LogP contribution in [0.1, 0.15) is 24.8 Å². The Hall–Kier alpha value is -1.65. The highest BCUT2D eigenvalue weighted by atomic mass is 16.2. The van der Waals surface area contributed by atoms with Crippen molar-refractivity contribution in [3.63, 3.8) is 0 Å². The van der Waals surface area contributed by atoms with Crippen LogP contribution < -0.4 is 10.4 Å². The number of fused-ring (bicyclic) bond motifs is 1. The highest BCUT2D eigenvalue weighted by molar-refractivity contribution is 6.32. The average molecular weight is 226 g/mol. The lowest BCUT2D eigenvalue weighted by molar-refractivity contribution is -0.126. The molecular formula is C12H11BN2O2. The lowest BCUT2D eigenvalue weighted by Crippen LogP contribution is -2.50. The Bertz CT molecular complexity index is 507. The first-order valence-corrected chi connectivity index (χ1v) is 5.73. The van der Waals surface area contributed by atoms with E-state index in [1.807, 2.05) is 6.07 Å². The average Bonchev–Trinajstić information content (AvgIpc) is 2.26. The highest BCUT2D eigenvalue weighted by Gasteiger charge is 2.38. The van der Waals surface area contributed by atoms with Crippen LogP contribution in [0.2, 0.25) is 0 Å². The number of hydrogen-bond donors (Lipinski definition) is 0. The fourth-order valence-corrected chi connectivity index (χ4v) is 2.43. The molecule has 3 rings (SSSR count). The third-order valence-electron chi connectivity index (χ3n) is 3.36. The van der Waals surface area contributed by atoms with Gasteiger partial charge in [-0.3, -0.25) is 14.5 Å². The summed E-state index contributed by atoms with van der Waals surface area (Å²) in [6.45, 7) is 0. The SMILES string of the molecule is [B]c1cnc2c(c1)CCC(=O)N2C1CC(=O)C1. The molecular weight excluding hydrogens is 215 g/mol. The Kier molecular flexibility index (Phi) is 2.28. The molecule has 17 heavy (non-hydrogen) atoms. The Labute approximate surface area is 100 Å². The third-order valence-corrected chi connectivity index (χ3v) is 3.36. The van der Waals surface area contributed by atoms with Gasteiger partial charge in [0.1, 0.15) is 19.4 Å². The standard InChI is InChI=1S/C12H11BN2O2/c13-8-3-7-1-2-11(17)15(12(7)14-6-8)9-4-10(16)5-9/h3,6,9H,1-2,4-5H2. The van der Waals surface area contributed by atoms with Crippen LogP contribution in [-0.2, 0) is 16.0 Å². The smallest absolute Gasteiger partial charge is 0.228 e. The Balaban J connectivity index is 1.98. The van der Waals surface area contributed by atoms with Crippen molar-refractivity contribution >= 4 is 30.8 Å². The van der Waals surface area contributed by atoms with Crippen molar-refractivity contribution in [2.75, 3.05) is 4.90 Å². The largest absolute Gasteiger partial charge is 0.300 e. The second-order valence-corrected chi connectivity index (χ2v) is 4.62. The van der Waals surface area contributed by atoms with Crippen LogP contribution in [0.5, 0.6) is 0 Å². The molecule has 4 nitrogen and oxygen atoms in total. The van der Waals surface area contributed by atoms with Gasteiger partial charge in [-0.1, -0.05) is 11.5 Å². The Morgan fingerprint density at radius 2 is 2.06 bits per heavy atom. The van der Waals surface area contributed by atoms with Gasteiger partial charge in [0, 0.05) is 25.5 Å². The van der Waals surface area contributed by atoms with E-state index in [0.29, 0.717) is 37.0 Å². The van der Waals surface area contributed by atoms with Gasteiger partial charge in [0.2, 0.25) is 5.91 Å². The van der Waals surface area contributed by atoms with E-state index >= 15 is 0 Å². The summed E-state index contributed by atoms with van der Waals surface area (Å²) in [6, 6.07) is 1.87. The summed E-state index contributed by atoms with van der Waals surface area (Å²) in [4.78, 5) is 28.9. The Morgan fingerprint density at radius 1 is 1.29 bits per heavy atom. The number of pyridine rings is 1. The molecule has 0 N–H and O–H groups in total. The van der Waals surface area contributed by atoms with Gasteiger partial charge in [0.15, 0.2) is 0 Å². The monoisotopic (exact) mass is 226 g/mol. The molecule has 5 heteroatoms. The normalized spacial score (nSPS) is 20.1. The number of aromatic nitrogens is 1. The number of anilines is 1. The quantitative estimate of drug-likeness (QED) is 0.627. The van der Waals surface area contributed by atoms with Gasteiger partial charge in [-0.05, 0) is 12.0 Å². The molecule has 0 spiro atoms. The Morgan fingerprint density at radius 3 is 2.76 bits per heavy atom. The summed E-state index contributed by atoms with van der Waals surface area (Å²) in [5, 5.41) is 0. The fraction of sp³-hybridized carbons (Fsp3) is 0.417. The van der Waals surface area contributed by atoms with Gasteiger partial charge in [-0.25, -0.2) is 4.98 Å². The summed E-state index contributed by atoms with van der Waals surface area (Å²) in [5.74, 6) is 0.964. The molecule has 0 saturated heterocycles. The summed E-state index contributed by atoms with van der Waals surface area (Å²) in [5.41, 5.74) is 1.62. The minimum Gasteiger partial charge on any atom is -0.300 e. The first-order chi connectivity index (χ1) is 8.15. The topological polar surface area (TPSA) is 50.3 Å². The number of Topliss-reactive ketones (excluding diaryl/α,β-unsaturated/α-hetero) is 1. The summed E-state index contributed by atoms with van der Waals surface area (Å²) >= 11 is 0. The molecule has 1 aromatic rings. The van der Waals surface area contributed by atoms with Gasteiger partial charge in [-0.15, -0.1) is 0 Å². The van der Waals surface area contributed by atoms with Crippen molar-refractivity contribution in [1.29, 1.82) is 0 Å². The van der Waals surface area contributed by atoms with E-state index in [9.17, 15) is 9.59 Å². The molecule has 1 aliphatic carbocycles. The second kappa shape index (κ2) is 3.69. The molecule has 2 heterocycles. The van der Waals surface area contributed by atoms with Crippen LogP contribution in [-0.4, -0.2) is 30.6 Å². The summed E-state index contributed by atoms with van der Waals surface area (Å²) < 4.78 is 0. The first-order valence-electron chi connectivity index (χ1n) is 5.73. The molecule has 0 unspecified atom stereocenters. The number of rotatable bonds is 1. The number of aryl methyl sites for hydroxylation is 1. The van der Waals surface area contributed by atoms with Crippen LogP contribution in [0.15, 0.2) is 12.3 Å². The maximum absolute atomic E-state index is 11.9. The van der Waals surface area contributed by atoms with Gasteiger partial charge >= 0.3 is 0 Å². The third kappa shape index (κ3) is 1.66. The zero-order valence-corrected chi connectivity index (χ0v) is 9.35. The summed E-state index contributed by atoms with van der Waals surface area (Å²) in [6.07, 6.45) is 3.63. The van der Waals surface area contributed by atoms with Crippen molar-refractivity contribution in [1.82, 2.24) is 4.98 Å². The van der Waals surface area contributed by atoms with Crippen LogP contribution in [0.3, 0.4) is 0 Å². The van der Waals surface area contributed by atoms with E-state index < -0.39 is 0 Å². The number of amides is 1. The predicted molar refractivity (Wildman–Crippen MR) is 63.5 cm³/mol. The molecule has 1 fully saturated rings. The molecule has 0 atom stereocenters. The summed E-state index contributed by atoms with van der Waals surface area (Å²) in [7, 11) is 5.69. The number of hydrogen-bond acceptors (Lipinski definition) is 3. The molecule has 0 bridgehead atoms. The van der Waals surface area contributed by atoms with Crippen LogP contribution >= 0.6 is 0 Å². The second-order valence-electron chi connectivity index (χ2n) is 4.62. The van der Waals surface area contributed by atoms with Crippen LogP contribution in [0, 0.1) is 0 Å². The molecule has 1 saturated carbocycles. The van der Waals surface area contributed by atoms with Gasteiger partial charge in [-0.2, -0.15) is 0 Å². The minimum atomic E-state index is 0.00479. The zero-order valence-electron chi connectivity index (χ0n) is 9.35. The highest BCUT2D eigenvalue weighted by Crippen LogP contribution is 2.32. The molecule has 1 amide bonds. The van der Waals surface area contributed by atoms with E-state index in [0.717, 1.165) is 5.56 Å². The lowest BCUT2D eigenvalue weighted by Gasteiger charge is -2.38. The van der Waals surface area contributed by atoms with Gasteiger partial charge in [0.25, 0.3) is 0 Å². The van der Waals surface area contributed by atoms with Gasteiger partial charge in [0.05, 0.1) is 6.04 Å². The van der Waals surface area contributed by atoms with E-state index in [-0.39, 0.29) is 17.7 Å². The fourth-order valence-electron chi connectivity index (χ4n) is 2.43. The first kappa shape index (κ1) is 10.5. The van der Waals surface area contributed by atoms with Crippen molar-refractivity contribution < 1.29 is 9.59 Å². The predicted octanol–water partition coefficient (Wildman–Crippen LogP) is -0.114. The molecule has 2 radical (unpaired) electrons. The maximum atomic E-state index is 11.9. The molecule has 1 aliphatic heterocycles. The lowest BCUT2D eigenvalue weighted by atomic mass is 9.87. The van der Waals surface area contributed by atoms with E-state index in [4.69, 9.17) is 7.85 Å². The molecule has 84 valence electrons. The van der Waals surface area contributed by atoms with E-state index in [1.54, 1.807) is 11.1 Å². The van der Waals surface area contributed by atoms with Crippen molar-refractivity contribution in [2.24, 2.45) is 0 Å². The van der Waals surface area contributed by atoms with Crippen molar-refractivity contribution in [3.8, 4) is 0 Å². The van der Waals surface area contributed by atoms with Crippen LogP contribution in [0.25, 0.3) is 0 Å². The zero-order chi connectivity index (χ0) is 12.0.